The van der Waals surface area contributed by atoms with Gasteiger partial charge in [0.25, 0.3) is 0 Å². The molecule has 0 spiro atoms. The average molecular weight is 402 g/mol. The highest BCUT2D eigenvalue weighted by molar-refractivity contribution is 8.13. The number of nitrogens with zero attached hydrogens (tertiary/aromatic N) is 4. The van der Waals surface area contributed by atoms with Gasteiger partial charge in [0.05, 0.1) is 11.4 Å². The van der Waals surface area contributed by atoms with Crippen LogP contribution >= 0.6 is 11.8 Å². The fourth-order valence-corrected chi connectivity index (χ4v) is 4.43. The van der Waals surface area contributed by atoms with E-state index in [2.05, 4.69) is 15.1 Å². The molecule has 0 radical (unpaired) electrons. The Morgan fingerprint density at radius 2 is 2.25 bits per heavy atom. The van der Waals surface area contributed by atoms with E-state index in [4.69, 9.17) is 5.73 Å². The second-order valence-electron chi connectivity index (χ2n) is 7.66. The van der Waals surface area contributed by atoms with Crippen LogP contribution in [0.3, 0.4) is 0 Å². The lowest BCUT2D eigenvalue weighted by atomic mass is 9.92. The molecule has 2 aliphatic rings. The number of ketones is 1. The maximum absolute atomic E-state index is 13.9. The molecular weight excluding hydrogens is 377 g/mol. The fourth-order valence-electron chi connectivity index (χ4n) is 3.54. The van der Waals surface area contributed by atoms with Crippen LogP contribution in [0.4, 0.5) is 4.39 Å². The molecule has 1 aliphatic heterocycles. The number of carbonyl (C=O) groups is 1. The average Bonchev–Trinajstić information content (AvgIpc) is 3.42. The molecule has 2 aromatic rings. The largest absolute Gasteiger partial charge is 0.379 e. The maximum Gasteiger partial charge on any atom is 0.185 e. The molecule has 1 fully saturated rings. The van der Waals surface area contributed by atoms with Crippen LogP contribution in [0.1, 0.15) is 46.7 Å². The molecule has 148 valence electrons. The number of hydrogen-bond acceptors (Lipinski definition) is 6. The predicted octanol–water partition coefficient (Wildman–Crippen LogP) is 3.04. The quantitative estimate of drug-likeness (QED) is 0.721. The predicted molar refractivity (Wildman–Crippen MR) is 108 cm³/mol. The highest BCUT2D eigenvalue weighted by Gasteiger charge is 2.36. The zero-order chi connectivity index (χ0) is 19.7. The standard InChI is InChI=1S/C20H24FN5OS/c1-13-8-16(26(25-13)11-14-2-3-14)17(27)9-15-4-6-23-18(10-15)20(12-21)5-7-28-19(22)24-20/h4,6,8,10,14H,2-3,5,7,9,11-12H2,1H3,(H2,22,24)/t20-/m1/s1. The van der Waals surface area contributed by atoms with Gasteiger partial charge in [0, 0.05) is 24.9 Å². The lowest BCUT2D eigenvalue weighted by Gasteiger charge is -2.30. The van der Waals surface area contributed by atoms with E-state index >= 15 is 0 Å². The number of aryl methyl sites for hydroxylation is 1. The molecule has 2 aromatic heterocycles. The molecule has 1 atom stereocenters. The van der Waals surface area contributed by atoms with Crippen molar-refractivity contribution in [3.63, 3.8) is 0 Å². The Labute approximate surface area is 167 Å². The molecule has 1 saturated carbocycles. The van der Waals surface area contributed by atoms with Gasteiger partial charge in [0.1, 0.15) is 17.9 Å². The Hall–Kier alpha value is -2.22. The van der Waals surface area contributed by atoms with Gasteiger partial charge >= 0.3 is 0 Å². The van der Waals surface area contributed by atoms with Crippen LogP contribution in [0.25, 0.3) is 0 Å². The Bertz CT molecular complexity index is 923. The molecule has 8 heteroatoms. The van der Waals surface area contributed by atoms with Crippen molar-refractivity contribution in [2.45, 2.75) is 44.7 Å². The molecule has 0 unspecified atom stereocenters. The van der Waals surface area contributed by atoms with Crippen LogP contribution < -0.4 is 5.73 Å². The SMILES string of the molecule is Cc1cc(C(=O)Cc2ccnc([C@]3(CF)CCSC(N)=N3)c2)n(CC2CC2)n1. The van der Waals surface area contributed by atoms with Crippen molar-refractivity contribution in [2.24, 2.45) is 16.6 Å². The minimum absolute atomic E-state index is 0.00918. The number of thioether (sulfide) groups is 1. The van der Waals surface area contributed by atoms with Crippen LogP contribution in [-0.4, -0.2) is 38.1 Å². The third-order valence-electron chi connectivity index (χ3n) is 5.29. The van der Waals surface area contributed by atoms with Crippen molar-refractivity contribution in [3.8, 4) is 0 Å². The van der Waals surface area contributed by atoms with Gasteiger partial charge in [0.2, 0.25) is 0 Å². The summed E-state index contributed by atoms with van der Waals surface area (Å²) in [7, 11) is 0. The minimum Gasteiger partial charge on any atom is -0.379 e. The molecule has 1 aliphatic carbocycles. The van der Waals surface area contributed by atoms with Gasteiger partial charge in [-0.25, -0.2) is 9.38 Å². The van der Waals surface area contributed by atoms with Gasteiger partial charge in [-0.1, -0.05) is 11.8 Å². The van der Waals surface area contributed by atoms with Crippen LogP contribution in [0.5, 0.6) is 0 Å². The first-order valence-electron chi connectivity index (χ1n) is 9.56. The van der Waals surface area contributed by atoms with E-state index in [1.54, 1.807) is 18.3 Å². The van der Waals surface area contributed by atoms with E-state index in [1.807, 2.05) is 17.7 Å². The molecule has 28 heavy (non-hydrogen) atoms. The highest BCUT2D eigenvalue weighted by Crippen LogP contribution is 2.35. The maximum atomic E-state index is 13.9. The summed E-state index contributed by atoms with van der Waals surface area (Å²) < 4.78 is 15.8. The zero-order valence-electron chi connectivity index (χ0n) is 15.9. The van der Waals surface area contributed by atoms with Crippen LogP contribution in [-0.2, 0) is 18.5 Å². The minimum atomic E-state index is -1.04. The van der Waals surface area contributed by atoms with Gasteiger partial charge in [0.15, 0.2) is 11.0 Å². The number of alkyl halides is 1. The number of carbonyl (C=O) groups excluding carboxylic acids is 1. The summed E-state index contributed by atoms with van der Waals surface area (Å²) >= 11 is 1.43. The topological polar surface area (TPSA) is 86.2 Å². The van der Waals surface area contributed by atoms with E-state index in [0.29, 0.717) is 34.6 Å². The van der Waals surface area contributed by atoms with Crippen molar-refractivity contribution in [1.82, 2.24) is 14.8 Å². The van der Waals surface area contributed by atoms with Crippen molar-refractivity contribution < 1.29 is 9.18 Å². The number of aromatic nitrogens is 3. The van der Waals surface area contributed by atoms with Gasteiger partial charge in [-0.05, 0) is 55.9 Å². The number of halogens is 1. The number of Topliss-reactive ketones (excluding diaryl/α,β-unsaturated/α-hetero) is 1. The third-order valence-corrected chi connectivity index (χ3v) is 6.09. The monoisotopic (exact) mass is 401 g/mol. The molecule has 0 amide bonds. The van der Waals surface area contributed by atoms with E-state index in [-0.39, 0.29) is 12.2 Å². The number of aliphatic imine (C=N–C) groups is 1. The molecule has 2 N–H and O–H groups in total. The second kappa shape index (κ2) is 7.66. The summed E-state index contributed by atoms with van der Waals surface area (Å²) in [5.41, 5.74) is 7.61. The van der Waals surface area contributed by atoms with Gasteiger partial charge < -0.3 is 5.73 Å². The Morgan fingerprint density at radius 1 is 1.43 bits per heavy atom. The van der Waals surface area contributed by atoms with Crippen molar-refractivity contribution in [1.29, 1.82) is 0 Å². The Morgan fingerprint density at radius 3 is 2.96 bits per heavy atom. The summed E-state index contributed by atoms with van der Waals surface area (Å²) in [5, 5.41) is 4.86. The number of nitrogens with two attached hydrogens (primary N) is 1. The molecule has 6 nitrogen and oxygen atoms in total. The smallest absolute Gasteiger partial charge is 0.185 e. The van der Waals surface area contributed by atoms with Crippen molar-refractivity contribution in [2.75, 3.05) is 12.4 Å². The lowest BCUT2D eigenvalue weighted by Crippen LogP contribution is -2.34. The Balaban J connectivity index is 1.57. The molecular formula is C20H24FN5OS. The van der Waals surface area contributed by atoms with E-state index < -0.39 is 12.2 Å². The molecule has 4 rings (SSSR count). The number of hydrogen-bond donors (Lipinski definition) is 1. The fraction of sp³-hybridized carbons (Fsp3) is 0.500. The number of pyridine rings is 1. The first-order valence-corrected chi connectivity index (χ1v) is 10.5. The highest BCUT2D eigenvalue weighted by atomic mass is 32.2. The van der Waals surface area contributed by atoms with Crippen molar-refractivity contribution >= 4 is 22.7 Å². The Kier molecular flexibility index (Phi) is 5.23. The van der Waals surface area contributed by atoms with Crippen LogP contribution in [0.15, 0.2) is 29.4 Å². The second-order valence-corrected chi connectivity index (χ2v) is 8.77. The van der Waals surface area contributed by atoms with E-state index in [1.165, 1.54) is 24.6 Å². The summed E-state index contributed by atoms with van der Waals surface area (Å²) in [6.07, 6.45) is 4.78. The third kappa shape index (κ3) is 3.97. The normalized spacial score (nSPS) is 22.1. The first kappa shape index (κ1) is 19.1. The van der Waals surface area contributed by atoms with Crippen LogP contribution in [0.2, 0.25) is 0 Å². The van der Waals surface area contributed by atoms with Gasteiger partial charge in [-0.3, -0.25) is 14.5 Å². The number of rotatable bonds is 7. The molecule has 0 bridgehead atoms. The van der Waals surface area contributed by atoms with E-state index in [0.717, 1.165) is 17.8 Å². The number of amidine groups is 1. The van der Waals surface area contributed by atoms with Crippen LogP contribution in [0, 0.1) is 12.8 Å². The van der Waals surface area contributed by atoms with Crippen molar-refractivity contribution in [3.05, 3.63) is 47.0 Å². The van der Waals surface area contributed by atoms with Gasteiger partial charge in [-0.15, -0.1) is 0 Å². The van der Waals surface area contributed by atoms with Gasteiger partial charge in [-0.2, -0.15) is 5.10 Å². The summed E-state index contributed by atoms with van der Waals surface area (Å²) in [5.74, 6) is 1.34. The first-order chi connectivity index (χ1) is 13.5. The molecule has 0 aromatic carbocycles. The molecule has 0 saturated heterocycles. The van der Waals surface area contributed by atoms with E-state index in [9.17, 15) is 9.18 Å². The molecule has 3 heterocycles. The summed E-state index contributed by atoms with van der Waals surface area (Å²) in [6.45, 7) is 2.04. The lowest BCUT2D eigenvalue weighted by molar-refractivity contribution is 0.0982. The summed E-state index contributed by atoms with van der Waals surface area (Å²) in [6, 6.07) is 5.43. The summed E-state index contributed by atoms with van der Waals surface area (Å²) in [4.78, 5) is 21.6. The zero-order valence-corrected chi connectivity index (χ0v) is 16.7.